The number of piperidine rings is 1. The van der Waals surface area contributed by atoms with Crippen LogP contribution in [0, 0.1) is 5.92 Å². The average Bonchev–Trinajstić information content (AvgIpc) is 2.99. The van der Waals surface area contributed by atoms with Crippen molar-refractivity contribution in [2.24, 2.45) is 5.92 Å². The van der Waals surface area contributed by atoms with Crippen LogP contribution in [-0.2, 0) is 15.4 Å². The van der Waals surface area contributed by atoms with Gasteiger partial charge in [0.1, 0.15) is 0 Å². The molecule has 1 saturated heterocycles. The predicted molar refractivity (Wildman–Crippen MR) is 111 cm³/mol. The molecule has 0 radical (unpaired) electrons. The summed E-state index contributed by atoms with van der Waals surface area (Å²) in [7, 11) is -1.48. The Kier molecular flexibility index (Phi) is 6.72. The van der Waals surface area contributed by atoms with Crippen LogP contribution in [0.25, 0.3) is 10.2 Å². The number of halogens is 1. The van der Waals surface area contributed by atoms with E-state index < -0.39 is 10.0 Å². The Bertz CT molecular complexity index is 851. The van der Waals surface area contributed by atoms with Crippen molar-refractivity contribution in [1.29, 1.82) is 0 Å². The van der Waals surface area contributed by atoms with Gasteiger partial charge < -0.3 is 5.32 Å². The van der Waals surface area contributed by atoms with Gasteiger partial charge in [0.25, 0.3) is 0 Å². The van der Waals surface area contributed by atoms with Crippen molar-refractivity contribution in [2.75, 3.05) is 26.7 Å². The Hall–Kier alpha value is -0.730. The van der Waals surface area contributed by atoms with Gasteiger partial charge in [-0.1, -0.05) is 20.8 Å². The number of aromatic nitrogens is 1. The summed E-state index contributed by atoms with van der Waals surface area (Å²) < 4.78 is 28.6. The first-order chi connectivity index (χ1) is 11.7. The average molecular weight is 418 g/mol. The third-order valence-corrected chi connectivity index (χ3v) is 8.04. The van der Waals surface area contributed by atoms with E-state index in [-0.39, 0.29) is 17.8 Å². The number of hydrogen-bond acceptors (Lipinski definition) is 5. The number of nitrogens with zero attached hydrogens (tertiary/aromatic N) is 2. The molecule has 1 N–H and O–H groups in total. The normalized spacial score (nSPS) is 17.4. The van der Waals surface area contributed by atoms with Crippen LogP contribution in [0.3, 0.4) is 0 Å². The van der Waals surface area contributed by atoms with Crippen molar-refractivity contribution >= 4 is 44.0 Å². The Morgan fingerprint density at radius 1 is 1.27 bits per heavy atom. The summed E-state index contributed by atoms with van der Waals surface area (Å²) in [4.78, 5) is 5.04. The topological polar surface area (TPSA) is 62.3 Å². The van der Waals surface area contributed by atoms with Crippen LogP contribution < -0.4 is 5.32 Å². The van der Waals surface area contributed by atoms with E-state index in [1.54, 1.807) is 27.8 Å². The summed E-state index contributed by atoms with van der Waals surface area (Å²) >= 11 is 1.59. The molecule has 2 heterocycles. The van der Waals surface area contributed by atoms with Gasteiger partial charge in [0, 0.05) is 18.5 Å². The standard InChI is InChI=1S/C18H27N3O2S2.ClH/c1-18(2,3)17-20-15-6-5-14(11-16(15)24-17)25(22,23)21-9-7-13(8-10-21)12-19-4;/h5-6,11,13,19H,7-10,12H2,1-4H3;1H. The molecule has 0 spiro atoms. The van der Waals surface area contributed by atoms with Crippen LogP contribution in [0.1, 0.15) is 38.6 Å². The zero-order valence-corrected chi connectivity index (χ0v) is 18.2. The molecule has 1 fully saturated rings. The highest BCUT2D eigenvalue weighted by Crippen LogP contribution is 2.33. The smallest absolute Gasteiger partial charge is 0.243 e. The lowest BCUT2D eigenvalue weighted by atomic mass is 9.98. The number of fused-ring (bicyclic) bond motifs is 1. The van der Waals surface area contributed by atoms with Crippen LogP contribution >= 0.6 is 23.7 Å². The van der Waals surface area contributed by atoms with E-state index in [1.807, 2.05) is 13.1 Å². The fraction of sp³-hybridized carbons (Fsp3) is 0.611. The summed E-state index contributed by atoms with van der Waals surface area (Å²) in [6.45, 7) is 8.52. The molecular weight excluding hydrogens is 390 g/mol. The predicted octanol–water partition coefficient (Wildman–Crippen LogP) is 3.64. The molecule has 2 aromatic rings. The lowest BCUT2D eigenvalue weighted by Gasteiger charge is -2.31. The second-order valence-corrected chi connectivity index (χ2v) is 10.8. The quantitative estimate of drug-likeness (QED) is 0.824. The van der Waals surface area contributed by atoms with Crippen molar-refractivity contribution in [2.45, 2.75) is 43.9 Å². The van der Waals surface area contributed by atoms with Crippen molar-refractivity contribution in [3.8, 4) is 0 Å². The minimum atomic E-state index is -3.43. The Balaban J connectivity index is 0.00000243. The number of sulfonamides is 1. The molecule has 0 bridgehead atoms. The van der Waals surface area contributed by atoms with Gasteiger partial charge in [0.05, 0.1) is 20.1 Å². The minimum absolute atomic E-state index is 0. The van der Waals surface area contributed by atoms with Gasteiger partial charge >= 0.3 is 0 Å². The fourth-order valence-corrected chi connectivity index (χ4v) is 5.81. The first-order valence-electron chi connectivity index (χ1n) is 8.77. The summed E-state index contributed by atoms with van der Waals surface area (Å²) in [6.07, 6.45) is 1.83. The number of hydrogen-bond donors (Lipinski definition) is 1. The van der Waals surface area contributed by atoms with E-state index in [2.05, 4.69) is 31.1 Å². The van der Waals surface area contributed by atoms with Gasteiger partial charge in [0.2, 0.25) is 10.0 Å². The Morgan fingerprint density at radius 3 is 2.50 bits per heavy atom. The fourth-order valence-electron chi connectivity index (χ4n) is 3.18. The van der Waals surface area contributed by atoms with Crippen LogP contribution in [0.15, 0.2) is 23.1 Å². The molecule has 1 aromatic heterocycles. The van der Waals surface area contributed by atoms with Crippen molar-refractivity contribution < 1.29 is 8.42 Å². The highest BCUT2D eigenvalue weighted by molar-refractivity contribution is 7.89. The summed E-state index contributed by atoms with van der Waals surface area (Å²) in [5.41, 5.74) is 0.847. The second-order valence-electron chi connectivity index (χ2n) is 7.80. The monoisotopic (exact) mass is 417 g/mol. The molecule has 26 heavy (non-hydrogen) atoms. The SMILES string of the molecule is CNCC1CCN(S(=O)(=O)c2ccc3nc(C(C)(C)C)sc3c2)CC1.Cl. The molecule has 0 amide bonds. The molecule has 0 atom stereocenters. The first-order valence-corrected chi connectivity index (χ1v) is 11.0. The largest absolute Gasteiger partial charge is 0.319 e. The van der Waals surface area contributed by atoms with Crippen LogP contribution in [-0.4, -0.2) is 44.4 Å². The molecule has 0 aliphatic carbocycles. The van der Waals surface area contributed by atoms with E-state index in [9.17, 15) is 8.42 Å². The number of rotatable bonds is 4. The second kappa shape index (κ2) is 8.10. The molecule has 5 nitrogen and oxygen atoms in total. The number of thiazole rings is 1. The third-order valence-electron chi connectivity index (χ3n) is 4.71. The summed E-state index contributed by atoms with van der Waals surface area (Å²) in [6, 6.07) is 5.32. The molecule has 1 aromatic carbocycles. The Labute approximate surface area is 166 Å². The van der Waals surface area contributed by atoms with E-state index in [0.717, 1.165) is 34.6 Å². The van der Waals surface area contributed by atoms with E-state index in [0.29, 0.717) is 23.9 Å². The maximum Gasteiger partial charge on any atom is 0.243 e. The van der Waals surface area contributed by atoms with Crippen LogP contribution in [0.4, 0.5) is 0 Å². The van der Waals surface area contributed by atoms with Gasteiger partial charge in [0.15, 0.2) is 0 Å². The molecule has 0 saturated carbocycles. The molecule has 146 valence electrons. The number of benzene rings is 1. The summed E-state index contributed by atoms with van der Waals surface area (Å²) in [5.74, 6) is 0.565. The van der Waals surface area contributed by atoms with E-state index in [4.69, 9.17) is 0 Å². The van der Waals surface area contributed by atoms with E-state index >= 15 is 0 Å². The number of nitrogens with one attached hydrogen (secondary N) is 1. The molecule has 0 unspecified atom stereocenters. The molecule has 8 heteroatoms. The molecule has 1 aliphatic rings. The first kappa shape index (κ1) is 21.6. The lowest BCUT2D eigenvalue weighted by Crippen LogP contribution is -2.40. The van der Waals surface area contributed by atoms with Crippen molar-refractivity contribution in [3.63, 3.8) is 0 Å². The van der Waals surface area contributed by atoms with E-state index in [1.165, 1.54) is 0 Å². The minimum Gasteiger partial charge on any atom is -0.319 e. The third kappa shape index (κ3) is 4.39. The van der Waals surface area contributed by atoms with Crippen molar-refractivity contribution in [3.05, 3.63) is 23.2 Å². The highest BCUT2D eigenvalue weighted by Gasteiger charge is 2.29. The maximum absolute atomic E-state index is 13.0. The van der Waals surface area contributed by atoms with Crippen molar-refractivity contribution in [1.82, 2.24) is 14.6 Å². The Morgan fingerprint density at radius 2 is 1.92 bits per heavy atom. The zero-order chi connectivity index (χ0) is 18.2. The van der Waals surface area contributed by atoms with Gasteiger partial charge in [-0.25, -0.2) is 13.4 Å². The zero-order valence-electron chi connectivity index (χ0n) is 15.8. The van der Waals surface area contributed by atoms with Gasteiger partial charge in [-0.05, 0) is 50.6 Å². The van der Waals surface area contributed by atoms with Gasteiger partial charge in [-0.2, -0.15) is 4.31 Å². The molecule has 1 aliphatic heterocycles. The van der Waals surface area contributed by atoms with Crippen LogP contribution in [0.5, 0.6) is 0 Å². The van der Waals surface area contributed by atoms with Gasteiger partial charge in [-0.3, -0.25) is 0 Å². The molecule has 3 rings (SSSR count). The molecular formula is C18H28ClN3O2S2. The van der Waals surface area contributed by atoms with Crippen LogP contribution in [0.2, 0.25) is 0 Å². The lowest BCUT2D eigenvalue weighted by molar-refractivity contribution is 0.270. The highest BCUT2D eigenvalue weighted by atomic mass is 35.5. The summed E-state index contributed by atoms with van der Waals surface area (Å²) in [5, 5.41) is 4.22. The van der Waals surface area contributed by atoms with Gasteiger partial charge in [-0.15, -0.1) is 23.7 Å². The maximum atomic E-state index is 13.0.